The highest BCUT2D eigenvalue weighted by Gasteiger charge is 2.29. The van der Waals surface area contributed by atoms with Gasteiger partial charge >= 0.3 is 0 Å². The van der Waals surface area contributed by atoms with Crippen LogP contribution in [0.15, 0.2) is 90.8 Å². The van der Waals surface area contributed by atoms with Gasteiger partial charge in [-0.25, -0.2) is 13.7 Å². The van der Waals surface area contributed by atoms with Crippen molar-refractivity contribution in [2.24, 2.45) is 13.5 Å². The standard InChI is InChI=1S/C25H30FN5O4S2/c1-24(2,3)18-25(4,5)29-36(21-13-9-19(26)10-14-21,28-23-8-6-7-17-27-23)30-37(34,35)22-15-11-20(12-16-22)31(32)33/h6-17H,18H2,1-5H3,(H,27,28,29,30). The minimum absolute atomic E-state index is 0.150. The van der Waals surface area contributed by atoms with Crippen LogP contribution in [0.2, 0.25) is 0 Å². The molecule has 0 aliphatic rings. The summed E-state index contributed by atoms with van der Waals surface area (Å²) in [5, 5.41) is 11.1. The maximum Gasteiger partial charge on any atom is 0.290 e. The Balaban J connectivity index is 2.39. The zero-order chi connectivity index (χ0) is 27.5. The molecular weight excluding hydrogens is 517 g/mol. The van der Waals surface area contributed by atoms with E-state index in [1.165, 1.54) is 24.3 Å². The van der Waals surface area contributed by atoms with Crippen molar-refractivity contribution in [3.05, 3.63) is 88.9 Å². The molecule has 1 heterocycles. The number of benzene rings is 2. The highest BCUT2D eigenvalue weighted by atomic mass is 32.3. The van der Waals surface area contributed by atoms with Crippen LogP contribution in [0, 0.1) is 21.3 Å². The molecule has 0 saturated heterocycles. The second-order valence-electron chi connectivity index (χ2n) is 10.3. The number of hydrogen-bond acceptors (Lipinski definition) is 6. The lowest BCUT2D eigenvalue weighted by molar-refractivity contribution is -0.384. The van der Waals surface area contributed by atoms with Crippen molar-refractivity contribution in [2.75, 3.05) is 4.72 Å². The molecule has 37 heavy (non-hydrogen) atoms. The molecule has 2 aromatic carbocycles. The van der Waals surface area contributed by atoms with E-state index in [0.29, 0.717) is 17.1 Å². The Morgan fingerprint density at radius 3 is 2.05 bits per heavy atom. The van der Waals surface area contributed by atoms with Gasteiger partial charge in [0.2, 0.25) is 0 Å². The largest absolute Gasteiger partial charge is 0.294 e. The Hall–Kier alpha value is -3.38. The van der Waals surface area contributed by atoms with E-state index in [-0.39, 0.29) is 16.0 Å². The van der Waals surface area contributed by atoms with E-state index >= 15 is 0 Å². The van der Waals surface area contributed by atoms with E-state index in [4.69, 9.17) is 4.36 Å². The second kappa shape index (κ2) is 10.5. The lowest BCUT2D eigenvalue weighted by Crippen LogP contribution is -2.29. The Morgan fingerprint density at radius 2 is 1.54 bits per heavy atom. The first-order chi connectivity index (χ1) is 17.1. The van der Waals surface area contributed by atoms with Crippen LogP contribution < -0.4 is 4.72 Å². The summed E-state index contributed by atoms with van der Waals surface area (Å²) in [6.07, 6.45) is 2.13. The number of anilines is 1. The van der Waals surface area contributed by atoms with Crippen molar-refractivity contribution in [1.29, 1.82) is 0 Å². The molecule has 0 saturated carbocycles. The number of pyridine rings is 1. The molecule has 1 atom stereocenters. The predicted molar refractivity (Wildman–Crippen MR) is 143 cm³/mol. The van der Waals surface area contributed by atoms with Crippen molar-refractivity contribution in [3.63, 3.8) is 0 Å². The highest BCUT2D eigenvalue weighted by Crippen LogP contribution is 2.34. The Labute approximate surface area is 217 Å². The normalized spacial score (nSPS) is 13.9. The molecular formula is C25H30FN5O4S2. The molecule has 0 bridgehead atoms. The highest BCUT2D eigenvalue weighted by molar-refractivity contribution is 8.05. The van der Waals surface area contributed by atoms with Crippen molar-refractivity contribution >= 4 is 31.3 Å². The first-order valence-electron chi connectivity index (χ1n) is 11.4. The first-order valence-corrected chi connectivity index (χ1v) is 14.4. The average Bonchev–Trinajstić information content (AvgIpc) is 2.78. The van der Waals surface area contributed by atoms with Crippen molar-refractivity contribution < 1.29 is 17.7 Å². The Bertz CT molecular complexity index is 1490. The van der Waals surface area contributed by atoms with E-state index in [0.717, 1.165) is 24.3 Å². The molecule has 0 spiro atoms. The lowest BCUT2D eigenvalue weighted by Gasteiger charge is -2.31. The van der Waals surface area contributed by atoms with Crippen molar-refractivity contribution in [1.82, 2.24) is 4.98 Å². The third-order valence-electron chi connectivity index (χ3n) is 4.95. The molecule has 1 N–H and O–H groups in total. The summed E-state index contributed by atoms with van der Waals surface area (Å²) < 4.78 is 53.7. The first kappa shape index (κ1) is 28.2. The lowest BCUT2D eigenvalue weighted by atomic mass is 9.82. The SMILES string of the molecule is CC(C)(C)CC(C)(C)N=S(=NS(=O)(=O)c1ccc([N+](=O)[O-])cc1)(Nc1ccccn1)c1ccc(F)cc1. The molecule has 12 heteroatoms. The van der Waals surface area contributed by atoms with E-state index < -0.39 is 36.1 Å². The average molecular weight is 548 g/mol. The van der Waals surface area contributed by atoms with E-state index in [9.17, 15) is 22.9 Å². The summed E-state index contributed by atoms with van der Waals surface area (Å²) in [6.45, 7) is 9.93. The van der Waals surface area contributed by atoms with Gasteiger partial charge in [0.05, 0.1) is 25.2 Å². The van der Waals surface area contributed by atoms with Gasteiger partial charge in [-0.05, 0) is 74.2 Å². The van der Waals surface area contributed by atoms with Crippen LogP contribution in [0.25, 0.3) is 0 Å². The van der Waals surface area contributed by atoms with Gasteiger partial charge in [-0.1, -0.05) is 26.8 Å². The monoisotopic (exact) mass is 547 g/mol. The summed E-state index contributed by atoms with van der Waals surface area (Å²) in [5.74, 6) is -0.165. The van der Waals surface area contributed by atoms with Crippen molar-refractivity contribution in [3.8, 4) is 0 Å². The maximum absolute atomic E-state index is 13.9. The number of hydrogen-bond donors (Lipinski definition) is 1. The Morgan fingerprint density at radius 1 is 0.946 bits per heavy atom. The quantitative estimate of drug-likeness (QED) is 0.249. The van der Waals surface area contributed by atoms with Crippen LogP contribution in [0.3, 0.4) is 0 Å². The summed E-state index contributed by atoms with van der Waals surface area (Å²) >= 11 is 0. The number of nitrogens with zero attached hydrogens (tertiary/aromatic N) is 4. The second-order valence-corrected chi connectivity index (χ2v) is 14.2. The molecule has 0 aliphatic heterocycles. The number of rotatable bonds is 8. The van der Waals surface area contributed by atoms with Crippen molar-refractivity contribution in [2.45, 2.75) is 56.4 Å². The van der Waals surface area contributed by atoms with E-state index in [2.05, 4.69) is 34.2 Å². The number of sulfonamides is 1. The smallest absolute Gasteiger partial charge is 0.290 e. The molecule has 1 aromatic heterocycles. The van der Waals surface area contributed by atoms with Crippen LogP contribution in [0.4, 0.5) is 15.9 Å². The van der Waals surface area contributed by atoms with Crippen LogP contribution >= 0.6 is 0 Å². The van der Waals surface area contributed by atoms with Gasteiger partial charge in [0.25, 0.3) is 15.7 Å². The molecule has 0 radical (unpaired) electrons. The minimum Gasteiger partial charge on any atom is -0.294 e. The molecule has 9 nitrogen and oxygen atoms in total. The van der Waals surface area contributed by atoms with Crippen LogP contribution in [0.5, 0.6) is 0 Å². The van der Waals surface area contributed by atoms with Gasteiger partial charge in [0.1, 0.15) is 11.6 Å². The van der Waals surface area contributed by atoms with Crippen LogP contribution in [-0.4, -0.2) is 23.9 Å². The summed E-state index contributed by atoms with van der Waals surface area (Å²) in [7, 11) is -7.55. The van der Waals surface area contributed by atoms with Gasteiger partial charge in [0.15, 0.2) is 0 Å². The fraction of sp³-hybridized carbons (Fsp3) is 0.320. The van der Waals surface area contributed by atoms with E-state index in [1.807, 2.05) is 13.8 Å². The third kappa shape index (κ3) is 7.56. The van der Waals surface area contributed by atoms with Gasteiger partial charge in [0, 0.05) is 23.2 Å². The van der Waals surface area contributed by atoms with Gasteiger partial charge in [-0.15, -0.1) is 3.77 Å². The summed E-state index contributed by atoms with van der Waals surface area (Å²) in [4.78, 5) is 14.8. The summed E-state index contributed by atoms with van der Waals surface area (Å²) in [6, 6.07) is 14.9. The molecule has 0 fully saturated rings. The number of non-ortho nitro benzene ring substituents is 1. The number of nitrogens with one attached hydrogen (secondary N) is 1. The molecule has 198 valence electrons. The van der Waals surface area contributed by atoms with Crippen LogP contribution in [0.1, 0.15) is 41.0 Å². The molecule has 3 aromatic rings. The zero-order valence-electron chi connectivity index (χ0n) is 21.3. The summed E-state index contributed by atoms with van der Waals surface area (Å²) in [5.41, 5.74) is -1.17. The van der Waals surface area contributed by atoms with Crippen LogP contribution in [-0.2, 0) is 19.8 Å². The van der Waals surface area contributed by atoms with Gasteiger partial charge in [-0.3, -0.25) is 14.8 Å². The maximum atomic E-state index is 13.9. The molecule has 1 unspecified atom stereocenters. The number of halogens is 1. The molecule has 3 rings (SSSR count). The number of nitro benzene ring substituents is 1. The zero-order valence-corrected chi connectivity index (χ0v) is 22.9. The Kier molecular flexibility index (Phi) is 8.03. The fourth-order valence-corrected chi connectivity index (χ4v) is 8.58. The molecule has 0 amide bonds. The number of nitro groups is 1. The topological polar surface area (TPSA) is 127 Å². The minimum atomic E-state index is -4.39. The fourth-order valence-electron chi connectivity index (χ4n) is 4.02. The van der Waals surface area contributed by atoms with Gasteiger partial charge in [-0.2, -0.15) is 8.42 Å². The number of aromatic nitrogens is 1. The van der Waals surface area contributed by atoms with Gasteiger partial charge < -0.3 is 0 Å². The third-order valence-corrected chi connectivity index (χ3v) is 9.65. The predicted octanol–water partition coefficient (Wildman–Crippen LogP) is 6.64. The molecule has 0 aliphatic carbocycles. The van der Waals surface area contributed by atoms with E-state index in [1.54, 1.807) is 24.4 Å².